The number of nitrogens with zero attached hydrogens (tertiary/aromatic N) is 1. The van der Waals surface area contributed by atoms with E-state index in [1.807, 2.05) is 0 Å². The second-order valence-corrected chi connectivity index (χ2v) is 4.21. The predicted molar refractivity (Wildman–Crippen MR) is 71.4 cm³/mol. The SMILES string of the molecule is CCNC(=O)CN(CC)C(=O)c1cccc(C)c1F. The average molecular weight is 266 g/mol. The summed E-state index contributed by atoms with van der Waals surface area (Å²) in [5.74, 6) is -1.23. The molecule has 1 rings (SSSR count). The van der Waals surface area contributed by atoms with Crippen LogP contribution in [0, 0.1) is 12.7 Å². The molecular formula is C14H19FN2O2. The third kappa shape index (κ3) is 3.77. The molecule has 0 fully saturated rings. The van der Waals surface area contributed by atoms with Crippen molar-refractivity contribution >= 4 is 11.8 Å². The molecule has 1 aromatic rings. The molecule has 0 radical (unpaired) electrons. The van der Waals surface area contributed by atoms with Crippen molar-refractivity contribution in [3.05, 3.63) is 35.1 Å². The highest BCUT2D eigenvalue weighted by Crippen LogP contribution is 2.14. The van der Waals surface area contributed by atoms with E-state index >= 15 is 0 Å². The topological polar surface area (TPSA) is 49.4 Å². The van der Waals surface area contributed by atoms with Gasteiger partial charge in [-0.25, -0.2) is 4.39 Å². The summed E-state index contributed by atoms with van der Waals surface area (Å²) in [6.45, 7) is 5.95. The smallest absolute Gasteiger partial charge is 0.257 e. The monoisotopic (exact) mass is 266 g/mol. The number of nitrogens with one attached hydrogen (secondary N) is 1. The van der Waals surface area contributed by atoms with E-state index in [0.29, 0.717) is 18.7 Å². The number of hydrogen-bond acceptors (Lipinski definition) is 2. The first-order valence-corrected chi connectivity index (χ1v) is 6.32. The van der Waals surface area contributed by atoms with Crippen LogP contribution in [0.3, 0.4) is 0 Å². The van der Waals surface area contributed by atoms with E-state index in [-0.39, 0.29) is 18.0 Å². The second kappa shape index (κ2) is 6.87. The van der Waals surface area contributed by atoms with Crippen LogP contribution in [0.5, 0.6) is 0 Å². The van der Waals surface area contributed by atoms with E-state index in [2.05, 4.69) is 5.32 Å². The minimum absolute atomic E-state index is 0.00569. The van der Waals surface area contributed by atoms with E-state index < -0.39 is 11.7 Å². The maximum absolute atomic E-state index is 13.9. The average Bonchev–Trinajstić information content (AvgIpc) is 2.39. The van der Waals surface area contributed by atoms with Gasteiger partial charge in [-0.05, 0) is 32.4 Å². The molecule has 0 spiro atoms. The highest BCUT2D eigenvalue weighted by Gasteiger charge is 2.20. The summed E-state index contributed by atoms with van der Waals surface area (Å²) in [7, 11) is 0. The molecule has 0 saturated heterocycles. The van der Waals surface area contributed by atoms with Crippen molar-refractivity contribution in [2.45, 2.75) is 20.8 Å². The first kappa shape index (κ1) is 15.1. The molecule has 0 bridgehead atoms. The van der Waals surface area contributed by atoms with E-state index in [0.717, 1.165) is 0 Å². The Bertz CT molecular complexity index is 475. The highest BCUT2D eigenvalue weighted by molar-refractivity contribution is 5.96. The number of hydrogen-bond donors (Lipinski definition) is 1. The van der Waals surface area contributed by atoms with E-state index in [1.165, 1.54) is 11.0 Å². The van der Waals surface area contributed by atoms with Crippen LogP contribution in [-0.4, -0.2) is 36.3 Å². The molecule has 0 atom stereocenters. The van der Waals surface area contributed by atoms with Crippen LogP contribution in [-0.2, 0) is 4.79 Å². The maximum atomic E-state index is 13.9. The molecule has 4 nitrogen and oxygen atoms in total. The van der Waals surface area contributed by atoms with Gasteiger partial charge in [0.15, 0.2) is 0 Å². The molecular weight excluding hydrogens is 247 g/mol. The van der Waals surface area contributed by atoms with E-state index in [9.17, 15) is 14.0 Å². The zero-order valence-corrected chi connectivity index (χ0v) is 11.5. The van der Waals surface area contributed by atoms with Gasteiger partial charge in [0.1, 0.15) is 5.82 Å². The minimum Gasteiger partial charge on any atom is -0.355 e. The number of likely N-dealkylation sites (N-methyl/N-ethyl adjacent to an activating group) is 2. The number of carbonyl (C=O) groups is 2. The Kier molecular flexibility index (Phi) is 5.48. The van der Waals surface area contributed by atoms with E-state index in [4.69, 9.17) is 0 Å². The van der Waals surface area contributed by atoms with Crippen LogP contribution < -0.4 is 5.32 Å². The fourth-order valence-corrected chi connectivity index (χ4v) is 1.74. The summed E-state index contributed by atoms with van der Waals surface area (Å²) >= 11 is 0. The van der Waals surface area contributed by atoms with Crippen LogP contribution >= 0.6 is 0 Å². The number of rotatable bonds is 5. The molecule has 5 heteroatoms. The van der Waals surface area contributed by atoms with Crippen LogP contribution in [0.25, 0.3) is 0 Å². The van der Waals surface area contributed by atoms with Crippen molar-refractivity contribution in [3.8, 4) is 0 Å². The third-order valence-electron chi connectivity index (χ3n) is 2.80. The lowest BCUT2D eigenvalue weighted by atomic mass is 10.1. The Hall–Kier alpha value is -1.91. The highest BCUT2D eigenvalue weighted by atomic mass is 19.1. The van der Waals surface area contributed by atoms with Gasteiger partial charge in [-0.15, -0.1) is 0 Å². The quantitative estimate of drug-likeness (QED) is 0.882. The van der Waals surface area contributed by atoms with Gasteiger partial charge < -0.3 is 10.2 Å². The van der Waals surface area contributed by atoms with Gasteiger partial charge in [0, 0.05) is 13.1 Å². The molecule has 0 unspecified atom stereocenters. The van der Waals surface area contributed by atoms with Crippen molar-refractivity contribution in [1.29, 1.82) is 0 Å². The Morgan fingerprint density at radius 3 is 2.58 bits per heavy atom. The standard InChI is InChI=1S/C14H19FN2O2/c1-4-16-12(18)9-17(5-2)14(19)11-8-6-7-10(3)13(11)15/h6-8H,4-5,9H2,1-3H3,(H,16,18). The van der Waals surface area contributed by atoms with Crippen molar-refractivity contribution in [2.24, 2.45) is 0 Å². The Morgan fingerprint density at radius 1 is 1.32 bits per heavy atom. The normalized spacial score (nSPS) is 10.1. The number of aryl methyl sites for hydroxylation is 1. The van der Waals surface area contributed by atoms with Gasteiger partial charge in [-0.1, -0.05) is 12.1 Å². The lowest BCUT2D eigenvalue weighted by molar-refractivity contribution is -0.121. The van der Waals surface area contributed by atoms with Gasteiger partial charge >= 0.3 is 0 Å². The van der Waals surface area contributed by atoms with Crippen molar-refractivity contribution in [2.75, 3.05) is 19.6 Å². The summed E-state index contributed by atoms with van der Waals surface area (Å²) in [6, 6.07) is 4.67. The molecule has 0 aliphatic rings. The molecule has 0 aromatic heterocycles. The van der Waals surface area contributed by atoms with Crippen LogP contribution in [0.15, 0.2) is 18.2 Å². The molecule has 19 heavy (non-hydrogen) atoms. The summed E-state index contributed by atoms with van der Waals surface area (Å²) < 4.78 is 13.9. The Labute approximate surface area is 112 Å². The molecule has 0 aliphatic carbocycles. The second-order valence-electron chi connectivity index (χ2n) is 4.21. The molecule has 0 saturated carbocycles. The zero-order chi connectivity index (χ0) is 14.4. The lowest BCUT2D eigenvalue weighted by Gasteiger charge is -2.20. The number of benzene rings is 1. The Morgan fingerprint density at radius 2 is 2.00 bits per heavy atom. The maximum Gasteiger partial charge on any atom is 0.257 e. The van der Waals surface area contributed by atoms with Crippen LogP contribution in [0.4, 0.5) is 4.39 Å². The van der Waals surface area contributed by atoms with Crippen LogP contribution in [0.1, 0.15) is 29.8 Å². The molecule has 0 heterocycles. The Balaban J connectivity index is 2.89. The van der Waals surface area contributed by atoms with Gasteiger partial charge in [-0.3, -0.25) is 9.59 Å². The van der Waals surface area contributed by atoms with E-state index in [1.54, 1.807) is 32.9 Å². The first-order valence-electron chi connectivity index (χ1n) is 6.32. The molecule has 1 aromatic carbocycles. The molecule has 1 N–H and O–H groups in total. The fourth-order valence-electron chi connectivity index (χ4n) is 1.74. The fraction of sp³-hybridized carbons (Fsp3) is 0.429. The largest absolute Gasteiger partial charge is 0.355 e. The lowest BCUT2D eigenvalue weighted by Crippen LogP contribution is -2.40. The van der Waals surface area contributed by atoms with Crippen LogP contribution in [0.2, 0.25) is 0 Å². The number of halogens is 1. The summed E-state index contributed by atoms with van der Waals surface area (Å²) in [6.07, 6.45) is 0. The van der Waals surface area contributed by atoms with Gasteiger partial charge in [0.25, 0.3) is 5.91 Å². The molecule has 2 amide bonds. The summed E-state index contributed by atoms with van der Waals surface area (Å²) in [4.78, 5) is 25.0. The van der Waals surface area contributed by atoms with Gasteiger partial charge in [0.2, 0.25) is 5.91 Å². The van der Waals surface area contributed by atoms with Crippen molar-refractivity contribution < 1.29 is 14.0 Å². The predicted octanol–water partition coefficient (Wildman–Crippen LogP) is 1.73. The number of amides is 2. The minimum atomic E-state index is -0.526. The number of carbonyl (C=O) groups excluding carboxylic acids is 2. The molecule has 104 valence electrons. The first-order chi connectivity index (χ1) is 9.01. The van der Waals surface area contributed by atoms with Crippen molar-refractivity contribution in [1.82, 2.24) is 10.2 Å². The molecule has 0 aliphatic heterocycles. The van der Waals surface area contributed by atoms with Gasteiger partial charge in [-0.2, -0.15) is 0 Å². The zero-order valence-electron chi connectivity index (χ0n) is 11.5. The van der Waals surface area contributed by atoms with Crippen molar-refractivity contribution in [3.63, 3.8) is 0 Å². The van der Waals surface area contributed by atoms with Gasteiger partial charge in [0.05, 0.1) is 12.1 Å². The summed E-state index contributed by atoms with van der Waals surface area (Å²) in [5.41, 5.74) is 0.422. The summed E-state index contributed by atoms with van der Waals surface area (Å²) in [5, 5.41) is 2.62. The third-order valence-corrected chi connectivity index (χ3v) is 2.80.